The highest BCUT2D eigenvalue weighted by atomic mass is 35.5. The summed E-state index contributed by atoms with van der Waals surface area (Å²) in [4.78, 5) is 16.8. The molecule has 0 unspecified atom stereocenters. The van der Waals surface area contributed by atoms with E-state index in [1.165, 1.54) is 37.6 Å². The summed E-state index contributed by atoms with van der Waals surface area (Å²) in [6.07, 6.45) is -3.16. The van der Waals surface area contributed by atoms with Crippen LogP contribution in [0.1, 0.15) is 11.1 Å². The summed E-state index contributed by atoms with van der Waals surface area (Å²) >= 11 is 6.33. The molecule has 0 atom stereocenters. The van der Waals surface area contributed by atoms with Gasteiger partial charge in [-0.25, -0.2) is 4.39 Å². The molecule has 0 N–H and O–H groups in total. The standard InChI is InChI=1S/C23H21ClF4N4O2/c1-34-20-6-5-17(25)11-15(20)14-30-7-9-31(10-8-30)19-13-29-32(22(33)21(19)24)18-4-2-3-16(12-18)23(26,27)28/h2-6,11-13H,7-10,14H2,1H3. The number of halogens is 5. The molecule has 2 aromatic carbocycles. The van der Waals surface area contributed by atoms with Crippen LogP contribution < -0.4 is 15.2 Å². The topological polar surface area (TPSA) is 50.6 Å². The summed E-state index contributed by atoms with van der Waals surface area (Å²) in [5.74, 6) is 0.267. The highest BCUT2D eigenvalue weighted by Gasteiger charge is 2.31. The highest BCUT2D eigenvalue weighted by molar-refractivity contribution is 6.33. The van der Waals surface area contributed by atoms with Gasteiger partial charge in [-0.2, -0.15) is 23.0 Å². The zero-order chi connectivity index (χ0) is 24.5. The Morgan fingerprint density at radius 3 is 2.50 bits per heavy atom. The number of nitrogens with zero attached hydrogens (tertiary/aromatic N) is 4. The normalized spacial score (nSPS) is 14.9. The Bertz CT molecular complexity index is 1240. The third-order valence-corrected chi connectivity index (χ3v) is 6.02. The molecule has 0 spiro atoms. The molecule has 34 heavy (non-hydrogen) atoms. The fraction of sp³-hybridized carbons (Fsp3) is 0.304. The summed E-state index contributed by atoms with van der Waals surface area (Å²) < 4.78 is 58.9. The van der Waals surface area contributed by atoms with Crippen LogP contribution in [0.3, 0.4) is 0 Å². The highest BCUT2D eigenvalue weighted by Crippen LogP contribution is 2.30. The van der Waals surface area contributed by atoms with E-state index in [2.05, 4.69) is 10.00 Å². The predicted molar refractivity (Wildman–Crippen MR) is 120 cm³/mol. The maximum atomic E-state index is 13.6. The largest absolute Gasteiger partial charge is 0.496 e. The van der Waals surface area contributed by atoms with Gasteiger partial charge in [0, 0.05) is 38.3 Å². The fourth-order valence-corrected chi connectivity index (χ4v) is 4.15. The Morgan fingerprint density at radius 2 is 1.82 bits per heavy atom. The molecule has 6 nitrogen and oxygen atoms in total. The molecule has 1 aliphatic rings. The quantitative estimate of drug-likeness (QED) is 0.491. The SMILES string of the molecule is COc1ccc(F)cc1CN1CCN(c2cnn(-c3cccc(C(F)(F)F)c3)c(=O)c2Cl)CC1. The van der Waals surface area contributed by atoms with Gasteiger partial charge >= 0.3 is 6.18 Å². The molecule has 0 saturated carbocycles. The Morgan fingerprint density at radius 1 is 1.09 bits per heavy atom. The number of benzene rings is 2. The smallest absolute Gasteiger partial charge is 0.416 e. The number of piperazine rings is 1. The second-order valence-corrected chi connectivity index (χ2v) is 8.21. The van der Waals surface area contributed by atoms with E-state index in [9.17, 15) is 22.4 Å². The van der Waals surface area contributed by atoms with Crippen LogP contribution in [0.15, 0.2) is 53.5 Å². The molecule has 1 aromatic heterocycles. The van der Waals surface area contributed by atoms with Crippen molar-refractivity contribution in [3.8, 4) is 11.4 Å². The second kappa shape index (κ2) is 9.63. The van der Waals surface area contributed by atoms with Gasteiger partial charge in [-0.15, -0.1) is 0 Å². The molecule has 1 fully saturated rings. The Balaban J connectivity index is 1.49. The first-order chi connectivity index (χ1) is 16.2. The van der Waals surface area contributed by atoms with Crippen molar-refractivity contribution in [2.45, 2.75) is 12.7 Å². The Hall–Kier alpha value is -3.11. The second-order valence-electron chi connectivity index (χ2n) is 7.83. The minimum Gasteiger partial charge on any atom is -0.496 e. The molecule has 1 aliphatic heterocycles. The van der Waals surface area contributed by atoms with E-state index in [-0.39, 0.29) is 16.5 Å². The average molecular weight is 497 g/mol. The third kappa shape index (κ3) is 5.02. The number of methoxy groups -OCH3 is 1. The van der Waals surface area contributed by atoms with Gasteiger partial charge in [0.15, 0.2) is 0 Å². The molecule has 11 heteroatoms. The van der Waals surface area contributed by atoms with E-state index in [4.69, 9.17) is 16.3 Å². The zero-order valence-electron chi connectivity index (χ0n) is 18.1. The monoisotopic (exact) mass is 496 g/mol. The van der Waals surface area contributed by atoms with Gasteiger partial charge < -0.3 is 9.64 Å². The van der Waals surface area contributed by atoms with E-state index in [0.29, 0.717) is 44.2 Å². The molecule has 2 heterocycles. The van der Waals surface area contributed by atoms with Crippen LogP contribution in [0.4, 0.5) is 23.2 Å². The minimum atomic E-state index is -4.54. The average Bonchev–Trinajstić information content (AvgIpc) is 2.81. The van der Waals surface area contributed by atoms with E-state index in [0.717, 1.165) is 22.4 Å². The van der Waals surface area contributed by atoms with E-state index >= 15 is 0 Å². The lowest BCUT2D eigenvalue weighted by molar-refractivity contribution is -0.137. The van der Waals surface area contributed by atoms with Crippen molar-refractivity contribution in [2.24, 2.45) is 0 Å². The molecule has 0 amide bonds. The number of aromatic nitrogens is 2. The summed E-state index contributed by atoms with van der Waals surface area (Å²) in [6, 6.07) is 8.72. The Labute approximate surface area is 197 Å². The number of anilines is 1. The van der Waals surface area contributed by atoms with Crippen LogP contribution in [-0.4, -0.2) is 48.0 Å². The van der Waals surface area contributed by atoms with Crippen LogP contribution in [0.5, 0.6) is 5.75 Å². The van der Waals surface area contributed by atoms with E-state index in [1.807, 2.05) is 4.90 Å². The third-order valence-electron chi connectivity index (χ3n) is 5.67. The lowest BCUT2D eigenvalue weighted by Gasteiger charge is -2.36. The van der Waals surface area contributed by atoms with Gasteiger partial charge in [0.1, 0.15) is 16.6 Å². The molecule has 1 saturated heterocycles. The fourth-order valence-electron chi connectivity index (χ4n) is 3.90. The van der Waals surface area contributed by atoms with Crippen molar-refractivity contribution in [1.82, 2.24) is 14.7 Å². The summed E-state index contributed by atoms with van der Waals surface area (Å²) in [5.41, 5.74) is -0.463. The molecule has 180 valence electrons. The van der Waals surface area contributed by atoms with Gasteiger partial charge in [0.2, 0.25) is 0 Å². The number of ether oxygens (including phenoxy) is 1. The zero-order valence-corrected chi connectivity index (χ0v) is 18.9. The van der Waals surface area contributed by atoms with Crippen LogP contribution in [0.25, 0.3) is 5.69 Å². The molecule has 3 aromatic rings. The van der Waals surface area contributed by atoms with Gasteiger partial charge in [-0.05, 0) is 36.4 Å². The van der Waals surface area contributed by atoms with Crippen molar-refractivity contribution >= 4 is 17.3 Å². The van der Waals surface area contributed by atoms with Gasteiger partial charge in [-0.1, -0.05) is 17.7 Å². The molecule has 0 bridgehead atoms. The van der Waals surface area contributed by atoms with Crippen molar-refractivity contribution < 1.29 is 22.3 Å². The van der Waals surface area contributed by atoms with Crippen LogP contribution >= 0.6 is 11.6 Å². The number of rotatable bonds is 5. The van der Waals surface area contributed by atoms with Gasteiger partial charge in [0.05, 0.1) is 30.2 Å². The molecule has 0 radical (unpaired) electrons. The summed E-state index contributed by atoms with van der Waals surface area (Å²) in [5, 5.41) is 3.95. The van der Waals surface area contributed by atoms with Crippen LogP contribution in [0.2, 0.25) is 5.02 Å². The molecule has 4 rings (SSSR count). The van der Waals surface area contributed by atoms with Crippen molar-refractivity contribution in [3.63, 3.8) is 0 Å². The number of hydrogen-bond acceptors (Lipinski definition) is 5. The molecular weight excluding hydrogens is 476 g/mol. The van der Waals surface area contributed by atoms with E-state index in [1.54, 1.807) is 6.07 Å². The van der Waals surface area contributed by atoms with Gasteiger partial charge in [0.25, 0.3) is 5.56 Å². The van der Waals surface area contributed by atoms with Crippen LogP contribution in [-0.2, 0) is 12.7 Å². The van der Waals surface area contributed by atoms with E-state index < -0.39 is 17.3 Å². The lowest BCUT2D eigenvalue weighted by Crippen LogP contribution is -2.46. The summed E-state index contributed by atoms with van der Waals surface area (Å²) in [7, 11) is 1.53. The maximum Gasteiger partial charge on any atom is 0.416 e. The first kappa shape index (κ1) is 24.0. The Kier molecular flexibility index (Phi) is 6.81. The predicted octanol–water partition coefficient (Wildman–Crippen LogP) is 4.37. The number of alkyl halides is 3. The van der Waals surface area contributed by atoms with Crippen LogP contribution in [0, 0.1) is 5.82 Å². The summed E-state index contributed by atoms with van der Waals surface area (Å²) in [6.45, 7) is 2.80. The minimum absolute atomic E-state index is 0.0258. The molecule has 0 aliphatic carbocycles. The van der Waals surface area contributed by atoms with Gasteiger partial charge in [-0.3, -0.25) is 9.69 Å². The number of hydrogen-bond donors (Lipinski definition) is 0. The maximum absolute atomic E-state index is 13.6. The van der Waals surface area contributed by atoms with Crippen molar-refractivity contribution in [3.05, 3.63) is 81.0 Å². The lowest BCUT2D eigenvalue weighted by atomic mass is 10.1. The first-order valence-corrected chi connectivity index (χ1v) is 10.8. The van der Waals surface area contributed by atoms with Crippen molar-refractivity contribution in [1.29, 1.82) is 0 Å². The first-order valence-electron chi connectivity index (χ1n) is 10.4. The van der Waals surface area contributed by atoms with Crippen molar-refractivity contribution in [2.75, 3.05) is 38.2 Å². The molecular formula is C23H21ClF4N4O2.